The number of rotatable bonds is 2. The molecule has 3 heteroatoms. The van der Waals surface area contributed by atoms with Crippen LogP contribution in [-0.2, 0) is 14.3 Å². The average Bonchev–Trinajstić information content (AvgIpc) is 1.87. The van der Waals surface area contributed by atoms with Crippen molar-refractivity contribution >= 4 is 11.8 Å². The highest BCUT2D eigenvalue weighted by atomic mass is 16.6. The Hall–Kier alpha value is -1.30. The molecule has 0 aliphatic heterocycles. The number of esters is 1. The second-order valence-corrected chi connectivity index (χ2v) is 2.60. The summed E-state index contributed by atoms with van der Waals surface area (Å²) >= 11 is 0. The molecule has 60 valence electrons. The molecule has 0 aromatic heterocycles. The molecule has 0 aliphatic carbocycles. The van der Waals surface area contributed by atoms with Crippen LogP contribution in [0.15, 0.2) is 0 Å². The van der Waals surface area contributed by atoms with Crippen LogP contribution in [-0.4, -0.2) is 17.4 Å². The van der Waals surface area contributed by atoms with E-state index in [0.29, 0.717) is 0 Å². The zero-order chi connectivity index (χ0) is 9.07. The lowest BCUT2D eigenvalue weighted by Crippen LogP contribution is -2.29. The SMILES string of the molecule is C#CC(C)(C)OC(=O)C(C)=O. The minimum Gasteiger partial charge on any atom is -0.441 e. The van der Waals surface area contributed by atoms with Crippen molar-refractivity contribution in [2.75, 3.05) is 0 Å². The Bertz CT molecular complexity index is 220. The van der Waals surface area contributed by atoms with Crippen LogP contribution < -0.4 is 0 Å². The van der Waals surface area contributed by atoms with E-state index in [0.717, 1.165) is 6.92 Å². The Labute approximate surface area is 65.7 Å². The van der Waals surface area contributed by atoms with Gasteiger partial charge in [0.1, 0.15) is 0 Å². The van der Waals surface area contributed by atoms with Gasteiger partial charge in [-0.25, -0.2) is 4.79 Å². The molecule has 0 bridgehead atoms. The maximum absolute atomic E-state index is 10.7. The Morgan fingerprint density at radius 1 is 1.45 bits per heavy atom. The fourth-order valence-electron chi connectivity index (χ4n) is 0.333. The quantitative estimate of drug-likeness (QED) is 0.331. The van der Waals surface area contributed by atoms with Gasteiger partial charge >= 0.3 is 5.97 Å². The third-order valence-electron chi connectivity index (χ3n) is 0.983. The van der Waals surface area contributed by atoms with E-state index < -0.39 is 17.4 Å². The highest BCUT2D eigenvalue weighted by molar-refractivity contribution is 6.32. The van der Waals surface area contributed by atoms with Crippen molar-refractivity contribution in [2.45, 2.75) is 26.4 Å². The normalized spacial score (nSPS) is 10.0. The van der Waals surface area contributed by atoms with E-state index >= 15 is 0 Å². The molecule has 0 rings (SSSR count). The summed E-state index contributed by atoms with van der Waals surface area (Å²) in [5.41, 5.74) is -0.997. The lowest BCUT2D eigenvalue weighted by Gasteiger charge is -2.16. The van der Waals surface area contributed by atoms with Gasteiger partial charge in [-0.05, 0) is 13.8 Å². The Kier molecular flexibility index (Phi) is 2.82. The number of hydrogen-bond donors (Lipinski definition) is 0. The van der Waals surface area contributed by atoms with Crippen LogP contribution in [0.3, 0.4) is 0 Å². The summed E-state index contributed by atoms with van der Waals surface area (Å²) in [5.74, 6) is 0.691. The molecule has 3 nitrogen and oxygen atoms in total. The number of Topliss-reactive ketones (excluding diaryl/α,β-unsaturated/α-hetero) is 1. The summed E-state index contributed by atoms with van der Waals surface area (Å²) in [7, 11) is 0. The summed E-state index contributed by atoms with van der Waals surface area (Å²) in [6, 6.07) is 0. The van der Waals surface area contributed by atoms with Crippen LogP contribution in [0.1, 0.15) is 20.8 Å². The minimum atomic E-state index is -0.997. The number of ether oxygens (including phenoxy) is 1. The third kappa shape index (κ3) is 3.41. The van der Waals surface area contributed by atoms with Gasteiger partial charge in [0.25, 0.3) is 0 Å². The van der Waals surface area contributed by atoms with Gasteiger partial charge in [0, 0.05) is 6.92 Å². The summed E-state index contributed by atoms with van der Waals surface area (Å²) in [6.07, 6.45) is 5.02. The summed E-state index contributed by atoms with van der Waals surface area (Å²) in [4.78, 5) is 21.0. The predicted octanol–water partition coefficient (Wildman–Crippen LogP) is 0.530. The van der Waals surface area contributed by atoms with Crippen LogP contribution in [0.5, 0.6) is 0 Å². The summed E-state index contributed by atoms with van der Waals surface area (Å²) in [5, 5.41) is 0. The fourth-order valence-corrected chi connectivity index (χ4v) is 0.333. The number of hydrogen-bond acceptors (Lipinski definition) is 3. The van der Waals surface area contributed by atoms with Crippen molar-refractivity contribution in [1.29, 1.82) is 0 Å². The highest BCUT2D eigenvalue weighted by Crippen LogP contribution is 2.06. The summed E-state index contributed by atoms with van der Waals surface area (Å²) < 4.78 is 4.62. The molecule has 0 fully saturated rings. The maximum atomic E-state index is 10.7. The van der Waals surface area contributed by atoms with Crippen molar-refractivity contribution in [3.05, 3.63) is 0 Å². The van der Waals surface area contributed by atoms with Crippen molar-refractivity contribution < 1.29 is 14.3 Å². The maximum Gasteiger partial charge on any atom is 0.375 e. The first-order chi connectivity index (χ1) is 4.89. The Morgan fingerprint density at radius 3 is 2.18 bits per heavy atom. The molecule has 0 aromatic rings. The molecular formula is C8H10O3. The molecule has 11 heavy (non-hydrogen) atoms. The van der Waals surface area contributed by atoms with E-state index in [4.69, 9.17) is 6.42 Å². The van der Waals surface area contributed by atoms with Crippen LogP contribution in [0.25, 0.3) is 0 Å². The van der Waals surface area contributed by atoms with Gasteiger partial charge in [-0.2, -0.15) is 0 Å². The molecular weight excluding hydrogens is 144 g/mol. The first-order valence-corrected chi connectivity index (χ1v) is 3.11. The smallest absolute Gasteiger partial charge is 0.375 e. The lowest BCUT2D eigenvalue weighted by atomic mass is 10.1. The molecule has 0 amide bonds. The largest absolute Gasteiger partial charge is 0.441 e. The Balaban J connectivity index is 4.19. The summed E-state index contributed by atoms with van der Waals surface area (Å²) in [6.45, 7) is 4.20. The van der Waals surface area contributed by atoms with Gasteiger partial charge in [0.2, 0.25) is 5.78 Å². The average molecular weight is 154 g/mol. The molecule has 0 saturated heterocycles. The van der Waals surface area contributed by atoms with Crippen molar-refractivity contribution in [3.8, 4) is 12.3 Å². The van der Waals surface area contributed by atoms with E-state index in [9.17, 15) is 9.59 Å². The Morgan fingerprint density at radius 2 is 1.91 bits per heavy atom. The van der Waals surface area contributed by atoms with Crippen LogP contribution in [0.4, 0.5) is 0 Å². The van der Waals surface area contributed by atoms with Crippen LogP contribution in [0, 0.1) is 12.3 Å². The van der Waals surface area contributed by atoms with Gasteiger partial charge in [-0.3, -0.25) is 4.79 Å². The molecule has 0 saturated carbocycles. The second kappa shape index (κ2) is 3.20. The molecule has 0 heterocycles. The van der Waals surface area contributed by atoms with E-state index in [-0.39, 0.29) is 0 Å². The van der Waals surface area contributed by atoms with E-state index in [1.165, 1.54) is 13.8 Å². The topological polar surface area (TPSA) is 43.4 Å². The molecule has 0 spiro atoms. The molecule has 0 unspecified atom stereocenters. The standard InChI is InChI=1S/C8H10O3/c1-5-8(3,4)11-7(10)6(2)9/h1H,2-4H3. The second-order valence-electron chi connectivity index (χ2n) is 2.60. The highest BCUT2D eigenvalue weighted by Gasteiger charge is 2.21. The van der Waals surface area contributed by atoms with Crippen LogP contribution >= 0.6 is 0 Å². The monoisotopic (exact) mass is 154 g/mol. The van der Waals surface area contributed by atoms with Crippen molar-refractivity contribution in [1.82, 2.24) is 0 Å². The number of terminal acetylenes is 1. The molecule has 0 aliphatic rings. The van der Waals surface area contributed by atoms with Gasteiger partial charge in [-0.1, -0.05) is 5.92 Å². The predicted molar refractivity (Wildman–Crippen MR) is 39.7 cm³/mol. The van der Waals surface area contributed by atoms with E-state index in [2.05, 4.69) is 10.7 Å². The zero-order valence-corrected chi connectivity index (χ0v) is 6.80. The molecule has 0 radical (unpaired) electrons. The number of carbonyl (C=O) groups excluding carboxylic acids is 2. The van der Waals surface area contributed by atoms with Gasteiger partial charge in [0.15, 0.2) is 5.60 Å². The molecule has 0 N–H and O–H groups in total. The number of ketones is 1. The van der Waals surface area contributed by atoms with Crippen LogP contribution in [0.2, 0.25) is 0 Å². The lowest BCUT2D eigenvalue weighted by molar-refractivity contribution is -0.159. The third-order valence-corrected chi connectivity index (χ3v) is 0.983. The zero-order valence-electron chi connectivity index (χ0n) is 6.80. The van der Waals surface area contributed by atoms with Gasteiger partial charge in [0.05, 0.1) is 0 Å². The molecule has 0 atom stereocenters. The first kappa shape index (κ1) is 9.70. The van der Waals surface area contributed by atoms with Crippen molar-refractivity contribution in [3.63, 3.8) is 0 Å². The minimum absolute atomic E-state index is 0.645. The molecule has 0 aromatic carbocycles. The number of carbonyl (C=O) groups is 2. The first-order valence-electron chi connectivity index (χ1n) is 3.11. The van der Waals surface area contributed by atoms with E-state index in [1.54, 1.807) is 0 Å². The van der Waals surface area contributed by atoms with Gasteiger partial charge < -0.3 is 4.74 Å². The van der Waals surface area contributed by atoms with Gasteiger partial charge in [-0.15, -0.1) is 6.42 Å². The fraction of sp³-hybridized carbons (Fsp3) is 0.500. The van der Waals surface area contributed by atoms with Crippen molar-refractivity contribution in [2.24, 2.45) is 0 Å². The van der Waals surface area contributed by atoms with E-state index in [1.807, 2.05) is 0 Å².